The summed E-state index contributed by atoms with van der Waals surface area (Å²) < 4.78 is 40.7. The van der Waals surface area contributed by atoms with E-state index in [1.165, 1.54) is 12.1 Å². The van der Waals surface area contributed by atoms with Gasteiger partial charge in [-0.3, -0.25) is 4.79 Å². The topological polar surface area (TPSA) is 45.7 Å². The van der Waals surface area contributed by atoms with Crippen molar-refractivity contribution in [1.82, 2.24) is 4.98 Å². The predicted octanol–water partition coefficient (Wildman–Crippen LogP) is 3.26. The molecule has 5 nitrogen and oxygen atoms in total. The van der Waals surface area contributed by atoms with Crippen LogP contribution in [0.4, 0.5) is 24.7 Å². The third-order valence-electron chi connectivity index (χ3n) is 4.84. The Hall–Kier alpha value is -2.77. The van der Waals surface area contributed by atoms with Crippen molar-refractivity contribution in [2.24, 2.45) is 0 Å². The molecule has 2 atom stereocenters. The Morgan fingerprint density at radius 1 is 1.04 bits per heavy atom. The maximum atomic E-state index is 12.3. The number of aldehydes is 1. The molecule has 0 amide bonds. The molecule has 1 aromatic heterocycles. The van der Waals surface area contributed by atoms with Crippen LogP contribution in [0.15, 0.2) is 42.6 Å². The highest BCUT2D eigenvalue weighted by molar-refractivity contribution is 5.74. The predicted molar refractivity (Wildman–Crippen MR) is 89.6 cm³/mol. The van der Waals surface area contributed by atoms with Gasteiger partial charge in [-0.2, -0.15) is 0 Å². The second-order valence-electron chi connectivity index (χ2n) is 6.46. The minimum atomic E-state index is -4.68. The number of ether oxygens (including phenoxy) is 1. The number of alkyl halides is 3. The van der Waals surface area contributed by atoms with E-state index >= 15 is 0 Å². The molecule has 3 heterocycles. The highest BCUT2D eigenvalue weighted by Gasteiger charge is 2.43. The van der Waals surface area contributed by atoms with E-state index in [2.05, 4.69) is 19.5 Å². The Balaban J connectivity index is 1.44. The average molecular weight is 363 g/mol. The monoisotopic (exact) mass is 363 g/mol. The number of fused-ring (bicyclic) bond motifs is 2. The minimum Gasteiger partial charge on any atom is -0.406 e. The molecule has 0 radical (unpaired) electrons. The van der Waals surface area contributed by atoms with E-state index in [1.54, 1.807) is 24.4 Å². The normalized spacial score (nSPS) is 22.0. The Morgan fingerprint density at radius 3 is 2.27 bits per heavy atom. The number of nitrogens with zero attached hydrogens (tertiary/aromatic N) is 3. The standard InChI is InChI=1S/C18H16F3N3O2/c19-18(20,21)26-16-4-2-13(3-5-16)23-9-15-7-14(23)10-24(15)17-6-1-12(11-25)8-22-17/h1-6,8,11,14-15H,7,9-10H2. The Kier molecular flexibility index (Phi) is 3.97. The first kappa shape index (κ1) is 16.7. The first-order valence-corrected chi connectivity index (χ1v) is 8.23. The van der Waals surface area contributed by atoms with Crippen LogP contribution in [0, 0.1) is 0 Å². The lowest BCUT2D eigenvalue weighted by Crippen LogP contribution is -2.46. The van der Waals surface area contributed by atoms with Crippen molar-refractivity contribution in [1.29, 1.82) is 0 Å². The Morgan fingerprint density at radius 2 is 1.73 bits per heavy atom. The van der Waals surface area contributed by atoms with Crippen LogP contribution in [0.25, 0.3) is 0 Å². The van der Waals surface area contributed by atoms with E-state index in [0.29, 0.717) is 11.6 Å². The van der Waals surface area contributed by atoms with Gasteiger partial charge in [0.2, 0.25) is 0 Å². The number of pyridine rings is 1. The number of halogens is 3. The third-order valence-corrected chi connectivity index (χ3v) is 4.84. The van der Waals surface area contributed by atoms with Crippen molar-refractivity contribution in [2.45, 2.75) is 24.9 Å². The van der Waals surface area contributed by atoms with Crippen LogP contribution >= 0.6 is 0 Å². The molecule has 0 N–H and O–H groups in total. The highest BCUT2D eigenvalue weighted by atomic mass is 19.4. The van der Waals surface area contributed by atoms with Crippen molar-refractivity contribution in [3.63, 3.8) is 0 Å². The molecule has 2 bridgehead atoms. The smallest absolute Gasteiger partial charge is 0.406 e. The first-order valence-electron chi connectivity index (χ1n) is 8.23. The molecule has 2 aliphatic rings. The number of rotatable bonds is 4. The zero-order valence-corrected chi connectivity index (χ0v) is 13.7. The summed E-state index contributed by atoms with van der Waals surface area (Å²) in [5.74, 6) is 0.628. The molecule has 0 saturated carbocycles. The maximum absolute atomic E-state index is 12.3. The number of piperazine rings is 1. The van der Waals surface area contributed by atoms with Gasteiger partial charge in [0.15, 0.2) is 6.29 Å². The van der Waals surface area contributed by atoms with E-state index < -0.39 is 6.36 Å². The fourth-order valence-electron chi connectivity index (χ4n) is 3.74. The van der Waals surface area contributed by atoms with Gasteiger partial charge in [-0.25, -0.2) is 4.98 Å². The van der Waals surface area contributed by atoms with Gasteiger partial charge in [0, 0.05) is 36.6 Å². The number of hydrogen-bond acceptors (Lipinski definition) is 5. The zero-order chi connectivity index (χ0) is 18.3. The van der Waals surface area contributed by atoms with Crippen LogP contribution in [-0.2, 0) is 0 Å². The summed E-state index contributed by atoms with van der Waals surface area (Å²) in [5, 5.41) is 0. The molecule has 4 rings (SSSR count). The summed E-state index contributed by atoms with van der Waals surface area (Å²) >= 11 is 0. The molecule has 8 heteroatoms. The van der Waals surface area contributed by atoms with Crippen LogP contribution in [0.3, 0.4) is 0 Å². The molecule has 136 valence electrons. The molecule has 2 fully saturated rings. The molecule has 0 spiro atoms. The maximum Gasteiger partial charge on any atom is 0.573 e. The molecular formula is C18H16F3N3O2. The average Bonchev–Trinajstić information content (AvgIpc) is 3.22. The quantitative estimate of drug-likeness (QED) is 0.781. The van der Waals surface area contributed by atoms with Gasteiger partial charge >= 0.3 is 6.36 Å². The van der Waals surface area contributed by atoms with Crippen LogP contribution < -0.4 is 14.5 Å². The molecule has 2 unspecified atom stereocenters. The summed E-state index contributed by atoms with van der Waals surface area (Å²) in [7, 11) is 0. The Labute approximate surface area is 148 Å². The molecule has 2 aromatic rings. The number of aromatic nitrogens is 1. The number of hydrogen-bond donors (Lipinski definition) is 0. The van der Waals surface area contributed by atoms with Crippen LogP contribution in [0.2, 0.25) is 0 Å². The molecule has 2 saturated heterocycles. The second kappa shape index (κ2) is 6.19. The number of benzene rings is 1. The minimum absolute atomic E-state index is 0.216. The summed E-state index contributed by atoms with van der Waals surface area (Å²) in [5.41, 5.74) is 1.43. The zero-order valence-electron chi connectivity index (χ0n) is 13.7. The molecular weight excluding hydrogens is 347 g/mol. The van der Waals surface area contributed by atoms with Gasteiger partial charge in [0.25, 0.3) is 0 Å². The van der Waals surface area contributed by atoms with Crippen molar-refractivity contribution < 1.29 is 22.7 Å². The van der Waals surface area contributed by atoms with E-state index in [9.17, 15) is 18.0 Å². The van der Waals surface area contributed by atoms with E-state index in [-0.39, 0.29) is 11.8 Å². The fraction of sp³-hybridized carbons (Fsp3) is 0.333. The van der Waals surface area contributed by atoms with Gasteiger partial charge in [-0.1, -0.05) is 0 Å². The molecule has 1 aromatic carbocycles. The summed E-state index contributed by atoms with van der Waals surface area (Å²) in [4.78, 5) is 19.5. The SMILES string of the molecule is O=Cc1ccc(N2CC3CC2CN3c2ccc(OC(F)(F)F)cc2)nc1. The van der Waals surface area contributed by atoms with Gasteiger partial charge in [-0.05, 0) is 42.8 Å². The van der Waals surface area contributed by atoms with Crippen molar-refractivity contribution in [3.05, 3.63) is 48.2 Å². The molecule has 26 heavy (non-hydrogen) atoms. The largest absolute Gasteiger partial charge is 0.573 e. The van der Waals surface area contributed by atoms with Gasteiger partial charge < -0.3 is 14.5 Å². The lowest BCUT2D eigenvalue weighted by atomic mass is 10.2. The number of anilines is 2. The van der Waals surface area contributed by atoms with Gasteiger partial charge in [0.1, 0.15) is 11.6 Å². The summed E-state index contributed by atoms with van der Waals surface area (Å²) in [6, 6.07) is 10.2. The van der Waals surface area contributed by atoms with Crippen molar-refractivity contribution in [3.8, 4) is 5.75 Å². The van der Waals surface area contributed by atoms with Crippen LogP contribution in [0.1, 0.15) is 16.8 Å². The number of carbonyl (C=O) groups excluding carboxylic acids is 1. The highest BCUT2D eigenvalue weighted by Crippen LogP contribution is 2.37. The Bertz CT molecular complexity index is 793. The lowest BCUT2D eigenvalue weighted by molar-refractivity contribution is -0.274. The fourth-order valence-corrected chi connectivity index (χ4v) is 3.74. The van der Waals surface area contributed by atoms with Gasteiger partial charge in [-0.15, -0.1) is 13.2 Å². The van der Waals surface area contributed by atoms with Crippen molar-refractivity contribution in [2.75, 3.05) is 22.9 Å². The lowest BCUT2D eigenvalue weighted by Gasteiger charge is -2.36. The van der Waals surface area contributed by atoms with E-state index in [0.717, 1.165) is 37.3 Å². The second-order valence-corrected chi connectivity index (χ2v) is 6.46. The van der Waals surface area contributed by atoms with Crippen LogP contribution in [-0.4, -0.2) is 42.8 Å². The van der Waals surface area contributed by atoms with Gasteiger partial charge in [0.05, 0.1) is 6.04 Å². The third kappa shape index (κ3) is 3.18. The van der Waals surface area contributed by atoms with E-state index in [1.807, 2.05) is 6.07 Å². The molecule has 0 aliphatic carbocycles. The van der Waals surface area contributed by atoms with Crippen LogP contribution in [0.5, 0.6) is 5.75 Å². The van der Waals surface area contributed by atoms with Crippen molar-refractivity contribution >= 4 is 17.8 Å². The number of carbonyl (C=O) groups is 1. The summed E-state index contributed by atoms with van der Waals surface area (Å²) in [6.45, 7) is 1.57. The summed E-state index contributed by atoms with van der Waals surface area (Å²) in [6.07, 6.45) is -1.38. The van der Waals surface area contributed by atoms with E-state index in [4.69, 9.17) is 0 Å². The first-order chi connectivity index (χ1) is 12.4. The molecule has 2 aliphatic heterocycles.